The minimum Gasteiger partial charge on any atom is -0.396 e. The number of rotatable bonds is 4. The van der Waals surface area contributed by atoms with Gasteiger partial charge in [-0.05, 0) is 50.6 Å². The summed E-state index contributed by atoms with van der Waals surface area (Å²) >= 11 is 0. The van der Waals surface area contributed by atoms with Crippen molar-refractivity contribution in [1.82, 2.24) is 4.90 Å². The summed E-state index contributed by atoms with van der Waals surface area (Å²) in [6.45, 7) is 3.39. The van der Waals surface area contributed by atoms with Crippen molar-refractivity contribution in [2.24, 2.45) is 11.1 Å². The van der Waals surface area contributed by atoms with Crippen LogP contribution < -0.4 is 5.73 Å². The third kappa shape index (κ3) is 2.10. The third-order valence-electron chi connectivity index (χ3n) is 3.83. The van der Waals surface area contributed by atoms with Crippen LogP contribution in [-0.2, 0) is 0 Å². The molecule has 1 saturated heterocycles. The van der Waals surface area contributed by atoms with Gasteiger partial charge in [-0.15, -0.1) is 0 Å². The van der Waals surface area contributed by atoms with Crippen LogP contribution in [-0.4, -0.2) is 42.3 Å². The lowest BCUT2D eigenvalue weighted by molar-refractivity contribution is 0.0640. The predicted molar refractivity (Wildman–Crippen MR) is 57.0 cm³/mol. The molecule has 0 amide bonds. The maximum Gasteiger partial charge on any atom is 0.0437 e. The standard InChI is InChI=1S/C11H22N2O/c12-8-11(5-7-14)4-1-6-13(9-11)10-2-3-10/h10,14H,1-9,12H2. The van der Waals surface area contributed by atoms with E-state index in [0.29, 0.717) is 0 Å². The molecular weight excluding hydrogens is 176 g/mol. The molecule has 0 spiro atoms. The van der Waals surface area contributed by atoms with Gasteiger partial charge in [0.1, 0.15) is 0 Å². The van der Waals surface area contributed by atoms with Crippen molar-refractivity contribution < 1.29 is 5.11 Å². The lowest BCUT2D eigenvalue weighted by atomic mass is 9.77. The zero-order chi connectivity index (χ0) is 10.0. The zero-order valence-corrected chi connectivity index (χ0v) is 8.91. The summed E-state index contributed by atoms with van der Waals surface area (Å²) in [4.78, 5) is 2.59. The Morgan fingerprint density at radius 2 is 2.21 bits per heavy atom. The van der Waals surface area contributed by atoms with Gasteiger partial charge in [0.2, 0.25) is 0 Å². The van der Waals surface area contributed by atoms with Crippen LogP contribution in [0.2, 0.25) is 0 Å². The topological polar surface area (TPSA) is 49.5 Å². The van der Waals surface area contributed by atoms with E-state index >= 15 is 0 Å². The summed E-state index contributed by atoms with van der Waals surface area (Å²) in [5.74, 6) is 0. The molecule has 0 bridgehead atoms. The van der Waals surface area contributed by atoms with Crippen molar-refractivity contribution in [2.45, 2.75) is 38.1 Å². The van der Waals surface area contributed by atoms with Crippen LogP contribution in [0.1, 0.15) is 32.1 Å². The number of nitrogens with two attached hydrogens (primary N) is 1. The Hall–Kier alpha value is -0.120. The number of hydrogen-bond donors (Lipinski definition) is 2. The Bertz CT molecular complexity index is 190. The van der Waals surface area contributed by atoms with Gasteiger partial charge in [-0.25, -0.2) is 0 Å². The van der Waals surface area contributed by atoms with E-state index in [9.17, 15) is 0 Å². The molecule has 1 heterocycles. The van der Waals surface area contributed by atoms with Crippen molar-refractivity contribution in [3.05, 3.63) is 0 Å². The van der Waals surface area contributed by atoms with Crippen molar-refractivity contribution in [1.29, 1.82) is 0 Å². The van der Waals surface area contributed by atoms with Gasteiger partial charge in [-0.1, -0.05) is 0 Å². The average Bonchev–Trinajstić information content (AvgIpc) is 3.02. The van der Waals surface area contributed by atoms with Gasteiger partial charge in [0.25, 0.3) is 0 Å². The van der Waals surface area contributed by atoms with Gasteiger partial charge in [-0.2, -0.15) is 0 Å². The monoisotopic (exact) mass is 198 g/mol. The van der Waals surface area contributed by atoms with E-state index in [1.54, 1.807) is 0 Å². The average molecular weight is 198 g/mol. The number of aliphatic hydroxyl groups excluding tert-OH is 1. The molecule has 1 unspecified atom stereocenters. The Morgan fingerprint density at radius 1 is 1.43 bits per heavy atom. The van der Waals surface area contributed by atoms with Crippen LogP contribution in [0.5, 0.6) is 0 Å². The Labute approximate surface area is 86.3 Å². The second kappa shape index (κ2) is 4.17. The lowest BCUT2D eigenvalue weighted by Gasteiger charge is -2.42. The van der Waals surface area contributed by atoms with E-state index in [-0.39, 0.29) is 12.0 Å². The molecule has 0 aromatic rings. The molecule has 2 fully saturated rings. The van der Waals surface area contributed by atoms with Crippen molar-refractivity contribution in [3.8, 4) is 0 Å². The fourth-order valence-corrected chi connectivity index (χ4v) is 2.71. The molecule has 1 aliphatic carbocycles. The SMILES string of the molecule is NCC1(CCO)CCCN(C2CC2)C1. The first-order valence-electron chi connectivity index (χ1n) is 5.85. The Morgan fingerprint density at radius 3 is 2.79 bits per heavy atom. The molecule has 14 heavy (non-hydrogen) atoms. The first-order valence-corrected chi connectivity index (χ1v) is 5.85. The predicted octanol–water partition coefficient (Wildman–Crippen LogP) is 0.572. The second-order valence-corrected chi connectivity index (χ2v) is 4.98. The maximum atomic E-state index is 9.08. The molecule has 3 nitrogen and oxygen atoms in total. The maximum absolute atomic E-state index is 9.08. The van der Waals surface area contributed by atoms with Gasteiger partial charge < -0.3 is 10.8 Å². The van der Waals surface area contributed by atoms with Gasteiger partial charge >= 0.3 is 0 Å². The van der Waals surface area contributed by atoms with Gasteiger partial charge in [0.15, 0.2) is 0 Å². The highest BCUT2D eigenvalue weighted by Gasteiger charge is 2.39. The van der Waals surface area contributed by atoms with E-state index in [1.165, 1.54) is 32.2 Å². The quantitative estimate of drug-likeness (QED) is 0.694. The molecule has 2 aliphatic rings. The highest BCUT2D eigenvalue weighted by molar-refractivity contribution is 4.94. The van der Waals surface area contributed by atoms with E-state index in [2.05, 4.69) is 4.90 Å². The van der Waals surface area contributed by atoms with Crippen molar-refractivity contribution in [3.63, 3.8) is 0 Å². The molecule has 3 heteroatoms. The summed E-state index contributed by atoms with van der Waals surface area (Å²) in [6, 6.07) is 0.847. The lowest BCUT2D eigenvalue weighted by Crippen LogP contribution is -2.48. The van der Waals surface area contributed by atoms with Crippen LogP contribution >= 0.6 is 0 Å². The molecule has 1 atom stereocenters. The number of aliphatic hydroxyl groups is 1. The first-order chi connectivity index (χ1) is 6.79. The zero-order valence-electron chi connectivity index (χ0n) is 8.91. The van der Waals surface area contributed by atoms with E-state index in [1.807, 2.05) is 0 Å². The minimum absolute atomic E-state index is 0.218. The second-order valence-electron chi connectivity index (χ2n) is 4.98. The van der Waals surface area contributed by atoms with E-state index in [0.717, 1.165) is 25.6 Å². The number of hydrogen-bond acceptors (Lipinski definition) is 3. The van der Waals surface area contributed by atoms with Crippen LogP contribution in [0.15, 0.2) is 0 Å². The largest absolute Gasteiger partial charge is 0.396 e. The van der Waals surface area contributed by atoms with Gasteiger partial charge in [0, 0.05) is 19.2 Å². The third-order valence-corrected chi connectivity index (χ3v) is 3.83. The van der Waals surface area contributed by atoms with Crippen LogP contribution in [0.3, 0.4) is 0 Å². The highest BCUT2D eigenvalue weighted by Crippen LogP contribution is 2.37. The summed E-state index contributed by atoms with van der Waals surface area (Å²) in [7, 11) is 0. The molecule has 1 aliphatic heterocycles. The number of piperidine rings is 1. The molecule has 82 valence electrons. The van der Waals surface area contributed by atoms with Gasteiger partial charge in [0.05, 0.1) is 0 Å². The summed E-state index contributed by atoms with van der Waals surface area (Å²) < 4.78 is 0. The van der Waals surface area contributed by atoms with Crippen LogP contribution in [0.4, 0.5) is 0 Å². The molecule has 0 radical (unpaired) electrons. The van der Waals surface area contributed by atoms with E-state index in [4.69, 9.17) is 10.8 Å². The van der Waals surface area contributed by atoms with Crippen LogP contribution in [0, 0.1) is 5.41 Å². The normalized spacial score (nSPS) is 34.7. The first kappa shape index (κ1) is 10.4. The summed E-state index contributed by atoms with van der Waals surface area (Å²) in [5.41, 5.74) is 6.09. The molecule has 2 rings (SSSR count). The highest BCUT2D eigenvalue weighted by atomic mass is 16.3. The van der Waals surface area contributed by atoms with E-state index < -0.39 is 0 Å². The smallest absolute Gasteiger partial charge is 0.0437 e. The Balaban J connectivity index is 1.95. The minimum atomic E-state index is 0.218. The number of nitrogens with zero attached hydrogens (tertiary/aromatic N) is 1. The molecule has 0 aromatic heterocycles. The molecule has 0 aromatic carbocycles. The van der Waals surface area contributed by atoms with Gasteiger partial charge in [-0.3, -0.25) is 4.90 Å². The molecule has 3 N–H and O–H groups in total. The fraction of sp³-hybridized carbons (Fsp3) is 1.00. The van der Waals surface area contributed by atoms with Crippen LogP contribution in [0.25, 0.3) is 0 Å². The van der Waals surface area contributed by atoms with Crippen molar-refractivity contribution in [2.75, 3.05) is 26.2 Å². The summed E-state index contributed by atoms with van der Waals surface area (Å²) in [6.07, 6.45) is 6.09. The van der Waals surface area contributed by atoms with Crippen molar-refractivity contribution >= 4 is 0 Å². The summed E-state index contributed by atoms with van der Waals surface area (Å²) in [5, 5.41) is 9.08. The fourth-order valence-electron chi connectivity index (χ4n) is 2.71. The molecular formula is C11H22N2O. The molecule has 1 saturated carbocycles. The Kier molecular flexibility index (Phi) is 3.10. The number of likely N-dealkylation sites (tertiary alicyclic amines) is 1.